The normalized spacial score (nSPS) is 16.3. The maximum atomic E-state index is 12.7. The predicted molar refractivity (Wildman–Crippen MR) is 116 cm³/mol. The Kier molecular flexibility index (Phi) is 5.04. The molecule has 148 valence electrons. The number of allylic oxidation sites excluding steroid dienone is 2. The minimum atomic E-state index is -0.214. The van der Waals surface area contributed by atoms with Crippen LogP contribution in [0.5, 0.6) is 0 Å². The fourth-order valence-corrected chi connectivity index (χ4v) is 4.25. The third-order valence-corrected chi connectivity index (χ3v) is 6.12. The van der Waals surface area contributed by atoms with Crippen molar-refractivity contribution in [3.8, 4) is 11.5 Å². The first kappa shape index (κ1) is 19.5. The van der Waals surface area contributed by atoms with Crippen molar-refractivity contribution in [1.82, 2.24) is 10.2 Å². The van der Waals surface area contributed by atoms with E-state index < -0.39 is 0 Å². The van der Waals surface area contributed by atoms with Crippen LogP contribution in [0.1, 0.15) is 25.0 Å². The number of aromatic nitrogens is 2. The molecule has 2 heterocycles. The van der Waals surface area contributed by atoms with E-state index in [0.717, 1.165) is 16.9 Å². The molecule has 0 aliphatic carbocycles. The molecule has 1 aromatic heterocycles. The van der Waals surface area contributed by atoms with Gasteiger partial charge in [0, 0.05) is 35.5 Å². The Balaban J connectivity index is 1.45. The molecule has 0 bridgehead atoms. The van der Waals surface area contributed by atoms with Gasteiger partial charge >= 0.3 is 0 Å². The number of likely N-dealkylation sites (N-methyl/N-ethyl adjacent to an activating group) is 1. The monoisotopic (exact) mass is 405 g/mol. The highest BCUT2D eigenvalue weighted by atomic mass is 32.2. The van der Waals surface area contributed by atoms with E-state index in [1.165, 1.54) is 22.9 Å². The number of anilines is 1. The lowest BCUT2D eigenvalue weighted by Crippen LogP contribution is -2.24. The summed E-state index contributed by atoms with van der Waals surface area (Å²) in [7, 11) is 2.01. The van der Waals surface area contributed by atoms with Crippen molar-refractivity contribution in [2.45, 2.75) is 31.4 Å². The number of carbonyl (C=O) groups is 1. The van der Waals surface area contributed by atoms with Crippen LogP contribution in [-0.4, -0.2) is 28.8 Å². The van der Waals surface area contributed by atoms with Gasteiger partial charge in [0.25, 0.3) is 5.22 Å². The van der Waals surface area contributed by atoms with Crippen molar-refractivity contribution in [3.05, 3.63) is 71.4 Å². The van der Waals surface area contributed by atoms with Crippen LogP contribution in [0.25, 0.3) is 11.5 Å². The lowest BCUT2D eigenvalue weighted by Gasteiger charge is -2.23. The molecule has 0 amide bonds. The molecule has 0 radical (unpaired) electrons. The molecular weight excluding hydrogens is 382 g/mol. The van der Waals surface area contributed by atoms with Crippen molar-refractivity contribution in [1.29, 1.82) is 0 Å². The highest BCUT2D eigenvalue weighted by molar-refractivity contribution is 7.99. The van der Waals surface area contributed by atoms with Crippen LogP contribution in [0.3, 0.4) is 0 Å². The SMILES string of the molecule is Cc1ccc(-c2nnc(SCC(=O)/C=C3\N(C)c4ccccc4C3(C)C)o2)cc1. The zero-order valence-electron chi connectivity index (χ0n) is 17.0. The number of rotatable bonds is 5. The van der Waals surface area contributed by atoms with Gasteiger partial charge in [-0.1, -0.05) is 61.5 Å². The van der Waals surface area contributed by atoms with E-state index in [-0.39, 0.29) is 17.0 Å². The fraction of sp³-hybridized carbons (Fsp3) is 0.261. The lowest BCUT2D eigenvalue weighted by molar-refractivity contribution is -0.112. The molecule has 1 aliphatic heterocycles. The van der Waals surface area contributed by atoms with Gasteiger partial charge in [0.2, 0.25) is 5.89 Å². The van der Waals surface area contributed by atoms with E-state index in [1.54, 1.807) is 6.08 Å². The number of fused-ring (bicyclic) bond motifs is 1. The summed E-state index contributed by atoms with van der Waals surface area (Å²) in [5.74, 6) is 0.734. The number of nitrogens with zero attached hydrogens (tertiary/aromatic N) is 3. The highest BCUT2D eigenvalue weighted by Gasteiger charge is 2.38. The zero-order valence-corrected chi connectivity index (χ0v) is 17.8. The first-order valence-electron chi connectivity index (χ1n) is 9.48. The van der Waals surface area contributed by atoms with Crippen LogP contribution < -0.4 is 4.90 Å². The van der Waals surface area contributed by atoms with Gasteiger partial charge in [0.15, 0.2) is 5.78 Å². The highest BCUT2D eigenvalue weighted by Crippen LogP contribution is 2.46. The lowest BCUT2D eigenvalue weighted by atomic mass is 9.83. The first-order valence-corrected chi connectivity index (χ1v) is 10.5. The van der Waals surface area contributed by atoms with Crippen molar-refractivity contribution >= 4 is 23.2 Å². The van der Waals surface area contributed by atoms with Crippen molar-refractivity contribution < 1.29 is 9.21 Å². The van der Waals surface area contributed by atoms with Crippen LogP contribution in [0.4, 0.5) is 5.69 Å². The smallest absolute Gasteiger partial charge is 0.277 e. The Labute approximate surface area is 174 Å². The quantitative estimate of drug-likeness (QED) is 0.439. The number of thioether (sulfide) groups is 1. The van der Waals surface area contributed by atoms with Crippen LogP contribution in [0.2, 0.25) is 0 Å². The number of hydrogen-bond donors (Lipinski definition) is 0. The van der Waals surface area contributed by atoms with E-state index >= 15 is 0 Å². The summed E-state index contributed by atoms with van der Waals surface area (Å²) in [6, 6.07) is 16.2. The standard InChI is InChI=1S/C23H23N3O2S/c1-15-9-11-16(12-10-15)21-24-25-22(28-21)29-14-17(27)13-20-23(2,3)18-7-5-6-8-19(18)26(20)4/h5-13H,14H2,1-4H3/b20-13-. The summed E-state index contributed by atoms with van der Waals surface area (Å²) in [6.07, 6.45) is 1.74. The average molecular weight is 406 g/mol. The van der Waals surface area contributed by atoms with Crippen molar-refractivity contribution in [2.24, 2.45) is 0 Å². The molecule has 0 N–H and O–H groups in total. The molecule has 0 atom stereocenters. The van der Waals surface area contributed by atoms with E-state index in [2.05, 4.69) is 41.1 Å². The Hall–Kier alpha value is -2.86. The predicted octanol–water partition coefficient (Wildman–Crippen LogP) is 5.02. The minimum absolute atomic E-state index is 0.0211. The largest absolute Gasteiger partial charge is 0.411 e. The molecule has 0 saturated heterocycles. The van der Waals surface area contributed by atoms with E-state index in [4.69, 9.17) is 4.42 Å². The molecule has 3 aromatic rings. The number of para-hydroxylation sites is 1. The maximum absolute atomic E-state index is 12.7. The van der Waals surface area contributed by atoms with Crippen LogP contribution in [0.15, 0.2) is 69.9 Å². The topological polar surface area (TPSA) is 59.2 Å². The molecule has 0 saturated carbocycles. The van der Waals surface area contributed by atoms with Gasteiger partial charge in [-0.2, -0.15) is 0 Å². The summed E-state index contributed by atoms with van der Waals surface area (Å²) >= 11 is 1.26. The summed E-state index contributed by atoms with van der Waals surface area (Å²) < 4.78 is 5.70. The molecule has 29 heavy (non-hydrogen) atoms. The molecule has 5 nitrogen and oxygen atoms in total. The van der Waals surface area contributed by atoms with E-state index in [0.29, 0.717) is 11.1 Å². The number of carbonyl (C=O) groups excluding carboxylic acids is 1. The number of benzene rings is 2. The molecule has 6 heteroatoms. The van der Waals surface area contributed by atoms with Gasteiger partial charge in [0.05, 0.1) is 5.75 Å². The molecule has 1 aliphatic rings. The van der Waals surface area contributed by atoms with Crippen molar-refractivity contribution in [2.75, 3.05) is 17.7 Å². The Morgan fingerprint density at radius 2 is 1.86 bits per heavy atom. The third-order valence-electron chi connectivity index (χ3n) is 5.28. The van der Waals surface area contributed by atoms with Crippen LogP contribution >= 0.6 is 11.8 Å². The molecular formula is C23H23N3O2S. The van der Waals surface area contributed by atoms with Crippen LogP contribution in [0, 0.1) is 6.92 Å². The molecule has 0 fully saturated rings. The number of ketones is 1. The summed E-state index contributed by atoms with van der Waals surface area (Å²) in [5.41, 5.74) is 5.20. The van der Waals surface area contributed by atoms with Gasteiger partial charge in [-0.25, -0.2) is 0 Å². The van der Waals surface area contributed by atoms with Gasteiger partial charge in [-0.05, 0) is 30.7 Å². The number of aryl methyl sites for hydroxylation is 1. The molecule has 4 rings (SSSR count). The Morgan fingerprint density at radius 3 is 2.59 bits per heavy atom. The van der Waals surface area contributed by atoms with Gasteiger partial charge in [-0.15, -0.1) is 10.2 Å². The second-order valence-electron chi connectivity index (χ2n) is 7.72. The van der Waals surface area contributed by atoms with E-state index in [1.807, 2.05) is 50.4 Å². The Bertz CT molecular complexity index is 1080. The fourth-order valence-electron chi connectivity index (χ4n) is 3.67. The first-order chi connectivity index (χ1) is 13.9. The van der Waals surface area contributed by atoms with Gasteiger partial charge < -0.3 is 9.32 Å². The number of hydrogen-bond acceptors (Lipinski definition) is 6. The average Bonchev–Trinajstić information content (AvgIpc) is 3.25. The van der Waals surface area contributed by atoms with Gasteiger partial charge in [-0.3, -0.25) is 4.79 Å². The molecule has 2 aromatic carbocycles. The van der Waals surface area contributed by atoms with E-state index in [9.17, 15) is 4.79 Å². The summed E-state index contributed by atoms with van der Waals surface area (Å²) in [4.78, 5) is 14.8. The van der Waals surface area contributed by atoms with Gasteiger partial charge in [0.1, 0.15) is 0 Å². The Morgan fingerprint density at radius 1 is 1.14 bits per heavy atom. The van der Waals surface area contributed by atoms with Crippen molar-refractivity contribution in [3.63, 3.8) is 0 Å². The second-order valence-corrected chi connectivity index (χ2v) is 8.65. The van der Waals surface area contributed by atoms with Crippen LogP contribution in [-0.2, 0) is 10.2 Å². The molecule has 0 spiro atoms. The maximum Gasteiger partial charge on any atom is 0.277 e. The summed E-state index contributed by atoms with van der Waals surface area (Å²) in [5, 5.41) is 8.54. The zero-order chi connectivity index (χ0) is 20.6. The summed E-state index contributed by atoms with van der Waals surface area (Å²) in [6.45, 7) is 6.32. The second kappa shape index (κ2) is 7.52. The minimum Gasteiger partial charge on any atom is -0.411 e. The third kappa shape index (κ3) is 3.72. The molecule has 0 unspecified atom stereocenters.